The number of hydrogen-bond donors (Lipinski definition) is 1. The molecule has 2 bridgehead atoms. The fourth-order valence-corrected chi connectivity index (χ4v) is 3.45. The zero-order valence-electron chi connectivity index (χ0n) is 12.2. The van der Waals surface area contributed by atoms with Crippen LogP contribution in [0.5, 0.6) is 0 Å². The summed E-state index contributed by atoms with van der Waals surface area (Å²) in [5.74, 6) is -0.137. The third-order valence-electron chi connectivity index (χ3n) is 4.53. The molecule has 3 saturated heterocycles. The van der Waals surface area contributed by atoms with Crippen LogP contribution in [-0.2, 0) is 0 Å². The lowest BCUT2D eigenvalue weighted by Gasteiger charge is -2.50. The smallest absolute Gasteiger partial charge is 0.123 e. The van der Waals surface area contributed by atoms with Gasteiger partial charge in [-0.05, 0) is 30.7 Å². The summed E-state index contributed by atoms with van der Waals surface area (Å²) in [5, 5.41) is 3.63. The lowest BCUT2D eigenvalue weighted by Crippen LogP contribution is -2.64. The van der Waals surface area contributed by atoms with Gasteiger partial charge < -0.3 is 5.32 Å². The van der Waals surface area contributed by atoms with E-state index >= 15 is 0 Å². The summed E-state index contributed by atoms with van der Waals surface area (Å²) in [5.41, 5.74) is 1.08. The highest BCUT2D eigenvalue weighted by atomic mass is 19.1. The average Bonchev–Trinajstić information content (AvgIpc) is 2.49. The Bertz CT molecular complexity index is 443. The zero-order valence-corrected chi connectivity index (χ0v) is 12.2. The first-order chi connectivity index (χ1) is 9.78. The molecule has 3 heterocycles. The topological polar surface area (TPSA) is 18.5 Å². The Balaban J connectivity index is 1.82. The molecule has 1 aromatic carbocycles. The molecule has 0 aliphatic carbocycles. The molecule has 3 nitrogen and oxygen atoms in total. The Labute approximate surface area is 120 Å². The minimum absolute atomic E-state index is 0.137. The molecule has 110 valence electrons. The van der Waals surface area contributed by atoms with Gasteiger partial charge in [-0.1, -0.05) is 19.1 Å². The van der Waals surface area contributed by atoms with Crippen molar-refractivity contribution in [1.82, 2.24) is 15.1 Å². The monoisotopic (exact) mass is 277 g/mol. The Morgan fingerprint density at radius 2 is 2.10 bits per heavy atom. The molecule has 0 saturated carbocycles. The van der Waals surface area contributed by atoms with Gasteiger partial charge in [-0.3, -0.25) is 9.80 Å². The Morgan fingerprint density at radius 3 is 2.70 bits per heavy atom. The van der Waals surface area contributed by atoms with E-state index in [0.717, 1.165) is 38.2 Å². The van der Waals surface area contributed by atoms with E-state index in [2.05, 4.69) is 28.1 Å². The van der Waals surface area contributed by atoms with Gasteiger partial charge in [0.15, 0.2) is 0 Å². The molecule has 3 aliphatic heterocycles. The lowest BCUT2D eigenvalue weighted by atomic mass is 9.93. The highest BCUT2D eigenvalue weighted by Gasteiger charge is 2.37. The number of halogens is 1. The second-order valence-corrected chi connectivity index (χ2v) is 5.89. The van der Waals surface area contributed by atoms with Crippen molar-refractivity contribution in [3.8, 4) is 0 Å². The van der Waals surface area contributed by atoms with Crippen LogP contribution in [0.2, 0.25) is 0 Å². The summed E-state index contributed by atoms with van der Waals surface area (Å²) < 4.78 is 13.6. The molecule has 0 spiro atoms. The largest absolute Gasteiger partial charge is 0.309 e. The maximum Gasteiger partial charge on any atom is 0.123 e. The van der Waals surface area contributed by atoms with Crippen molar-refractivity contribution in [2.24, 2.45) is 0 Å². The molecule has 20 heavy (non-hydrogen) atoms. The van der Waals surface area contributed by atoms with Crippen molar-refractivity contribution in [3.63, 3.8) is 0 Å². The summed E-state index contributed by atoms with van der Waals surface area (Å²) in [6.07, 6.45) is 1.10. The first-order valence-electron chi connectivity index (χ1n) is 7.73. The van der Waals surface area contributed by atoms with Gasteiger partial charge in [-0.2, -0.15) is 0 Å². The van der Waals surface area contributed by atoms with E-state index in [-0.39, 0.29) is 11.9 Å². The number of rotatable bonds is 5. The van der Waals surface area contributed by atoms with Gasteiger partial charge in [0, 0.05) is 44.8 Å². The second-order valence-electron chi connectivity index (χ2n) is 5.89. The molecule has 0 amide bonds. The van der Waals surface area contributed by atoms with Gasteiger partial charge in [0.1, 0.15) is 5.82 Å². The van der Waals surface area contributed by atoms with Crippen LogP contribution in [0.1, 0.15) is 24.9 Å². The van der Waals surface area contributed by atoms with E-state index in [1.165, 1.54) is 19.2 Å². The van der Waals surface area contributed by atoms with Gasteiger partial charge in [0.05, 0.1) is 0 Å². The minimum Gasteiger partial charge on any atom is -0.309 e. The van der Waals surface area contributed by atoms with E-state index in [1.807, 2.05) is 6.07 Å². The third-order valence-corrected chi connectivity index (χ3v) is 4.53. The predicted molar refractivity (Wildman–Crippen MR) is 79.2 cm³/mol. The van der Waals surface area contributed by atoms with Crippen molar-refractivity contribution >= 4 is 0 Å². The van der Waals surface area contributed by atoms with Gasteiger partial charge in [0.2, 0.25) is 0 Å². The molecular weight excluding hydrogens is 253 g/mol. The number of nitrogens with one attached hydrogen (secondary N) is 1. The Morgan fingerprint density at radius 1 is 1.30 bits per heavy atom. The molecule has 3 aliphatic rings. The maximum atomic E-state index is 13.6. The minimum atomic E-state index is -0.137. The van der Waals surface area contributed by atoms with E-state index < -0.39 is 0 Å². The highest BCUT2D eigenvalue weighted by molar-refractivity contribution is 5.22. The van der Waals surface area contributed by atoms with Gasteiger partial charge in [-0.25, -0.2) is 4.39 Å². The van der Waals surface area contributed by atoms with Crippen LogP contribution in [0, 0.1) is 5.82 Å². The zero-order chi connectivity index (χ0) is 13.9. The number of nitrogens with zero attached hydrogens (tertiary/aromatic N) is 2. The van der Waals surface area contributed by atoms with Crippen LogP contribution < -0.4 is 5.32 Å². The summed E-state index contributed by atoms with van der Waals surface area (Å²) in [6, 6.07) is 7.78. The van der Waals surface area contributed by atoms with Crippen LogP contribution in [0.25, 0.3) is 0 Å². The standard InChI is InChI=1S/C16H24FN3/c1-2-6-18-16(13-4-3-5-14(17)11-13)15-12-19-7-9-20(15)10-8-19/h3-5,11,15-16,18H,2,6-10,12H2,1H3. The molecule has 2 atom stereocenters. The number of benzene rings is 1. The van der Waals surface area contributed by atoms with E-state index in [0.29, 0.717) is 6.04 Å². The second kappa shape index (κ2) is 6.20. The van der Waals surface area contributed by atoms with Crippen LogP contribution in [0.3, 0.4) is 0 Å². The van der Waals surface area contributed by atoms with Gasteiger partial charge in [-0.15, -0.1) is 0 Å². The van der Waals surface area contributed by atoms with E-state index in [9.17, 15) is 4.39 Å². The van der Waals surface area contributed by atoms with Gasteiger partial charge >= 0.3 is 0 Å². The number of fused-ring (bicyclic) bond motifs is 3. The Hall–Kier alpha value is -0.970. The summed E-state index contributed by atoms with van der Waals surface area (Å²) in [4.78, 5) is 5.10. The molecule has 0 aromatic heterocycles. The third kappa shape index (κ3) is 2.87. The quantitative estimate of drug-likeness (QED) is 0.886. The number of hydrogen-bond acceptors (Lipinski definition) is 3. The van der Waals surface area contributed by atoms with Crippen molar-refractivity contribution in [2.45, 2.75) is 25.4 Å². The molecule has 1 N–H and O–H groups in total. The average molecular weight is 277 g/mol. The highest BCUT2D eigenvalue weighted by Crippen LogP contribution is 2.27. The molecule has 0 radical (unpaired) electrons. The molecule has 1 aromatic rings. The van der Waals surface area contributed by atoms with Crippen LogP contribution in [0.15, 0.2) is 24.3 Å². The van der Waals surface area contributed by atoms with Gasteiger partial charge in [0.25, 0.3) is 0 Å². The molecule has 4 rings (SSSR count). The summed E-state index contributed by atoms with van der Waals surface area (Å²) in [6.45, 7) is 8.89. The van der Waals surface area contributed by atoms with Crippen LogP contribution >= 0.6 is 0 Å². The first kappa shape index (κ1) is 14.0. The van der Waals surface area contributed by atoms with Crippen LogP contribution in [-0.4, -0.2) is 55.1 Å². The van der Waals surface area contributed by atoms with Crippen LogP contribution in [0.4, 0.5) is 4.39 Å². The normalized spacial score (nSPS) is 30.4. The fraction of sp³-hybridized carbons (Fsp3) is 0.625. The van der Waals surface area contributed by atoms with Crippen molar-refractivity contribution in [3.05, 3.63) is 35.6 Å². The Kier molecular flexibility index (Phi) is 4.34. The van der Waals surface area contributed by atoms with Crippen molar-refractivity contribution < 1.29 is 4.39 Å². The summed E-state index contributed by atoms with van der Waals surface area (Å²) in [7, 11) is 0. The molecular formula is C16H24FN3. The molecule has 4 heteroatoms. The van der Waals surface area contributed by atoms with E-state index in [4.69, 9.17) is 0 Å². The lowest BCUT2D eigenvalue weighted by molar-refractivity contribution is -0.00368. The van der Waals surface area contributed by atoms with Crippen molar-refractivity contribution in [1.29, 1.82) is 0 Å². The first-order valence-corrected chi connectivity index (χ1v) is 7.73. The van der Waals surface area contributed by atoms with Crippen molar-refractivity contribution in [2.75, 3.05) is 39.3 Å². The molecule has 2 unspecified atom stereocenters. The SMILES string of the molecule is CCCNC(c1cccc(F)c1)C1CN2CCN1CC2. The predicted octanol–water partition coefficient (Wildman–Crippen LogP) is 1.87. The number of piperazine rings is 3. The van der Waals surface area contributed by atoms with E-state index in [1.54, 1.807) is 6.07 Å². The maximum absolute atomic E-state index is 13.6. The summed E-state index contributed by atoms with van der Waals surface area (Å²) >= 11 is 0. The fourth-order valence-electron chi connectivity index (χ4n) is 3.45. The molecule has 3 fully saturated rings.